The van der Waals surface area contributed by atoms with Gasteiger partial charge in [0.15, 0.2) is 0 Å². The molecule has 0 aliphatic carbocycles. The Morgan fingerprint density at radius 2 is 2.15 bits per heavy atom. The predicted molar refractivity (Wildman–Crippen MR) is 53.1 cm³/mol. The number of hydrogen-bond donors (Lipinski definition) is 1. The van der Waals surface area contributed by atoms with E-state index < -0.39 is 0 Å². The number of methoxy groups -OCH3 is 1. The smallest absolute Gasteiger partial charge is 0.122 e. The molecule has 1 aromatic rings. The first-order chi connectivity index (χ1) is 6.27. The third kappa shape index (κ3) is 2.74. The van der Waals surface area contributed by atoms with Crippen molar-refractivity contribution in [2.24, 2.45) is 0 Å². The number of aliphatic hydroxyl groups is 1. The van der Waals surface area contributed by atoms with Crippen LogP contribution in [0.15, 0.2) is 18.2 Å². The number of hydrogen-bond acceptors (Lipinski definition) is 2. The summed E-state index contributed by atoms with van der Waals surface area (Å²) in [6, 6.07) is 6.11. The van der Waals surface area contributed by atoms with Gasteiger partial charge in [-0.15, -0.1) is 0 Å². The quantitative estimate of drug-likeness (QED) is 0.767. The number of rotatable bonds is 4. The molecule has 2 heteroatoms. The normalized spacial score (nSPS) is 10.1. The summed E-state index contributed by atoms with van der Waals surface area (Å²) in [6.45, 7) is 2.29. The first-order valence-electron chi connectivity index (χ1n) is 4.52. The van der Waals surface area contributed by atoms with Crippen LogP contribution in [0.25, 0.3) is 0 Å². The maximum absolute atomic E-state index is 8.72. The molecule has 1 N–H and O–H groups in total. The molecule has 0 aliphatic heterocycles. The minimum Gasteiger partial charge on any atom is -0.496 e. The van der Waals surface area contributed by atoms with E-state index in [0.717, 1.165) is 18.6 Å². The summed E-state index contributed by atoms with van der Waals surface area (Å²) < 4.78 is 5.22. The Morgan fingerprint density at radius 1 is 1.38 bits per heavy atom. The highest BCUT2D eigenvalue weighted by Crippen LogP contribution is 2.20. The average molecular weight is 180 g/mol. The van der Waals surface area contributed by atoms with Crippen LogP contribution in [0.5, 0.6) is 5.75 Å². The van der Waals surface area contributed by atoms with Crippen molar-refractivity contribution in [1.82, 2.24) is 0 Å². The molecule has 0 fully saturated rings. The second kappa shape index (κ2) is 4.87. The summed E-state index contributed by atoms with van der Waals surface area (Å²) in [5, 5.41) is 8.72. The number of aliphatic hydroxyl groups excluding tert-OH is 1. The second-order valence-corrected chi connectivity index (χ2v) is 3.14. The molecule has 1 rings (SSSR count). The van der Waals surface area contributed by atoms with Gasteiger partial charge in [0.2, 0.25) is 0 Å². The van der Waals surface area contributed by atoms with Gasteiger partial charge in [-0.3, -0.25) is 0 Å². The van der Waals surface area contributed by atoms with Crippen LogP contribution in [0.4, 0.5) is 0 Å². The standard InChI is InChI=1S/C11H16O2/c1-9-5-6-11(13-2)10(8-9)4-3-7-12/h5-6,8,12H,3-4,7H2,1-2H3. The number of aryl methyl sites for hydroxylation is 2. The van der Waals surface area contributed by atoms with Crippen molar-refractivity contribution >= 4 is 0 Å². The largest absolute Gasteiger partial charge is 0.496 e. The second-order valence-electron chi connectivity index (χ2n) is 3.14. The highest BCUT2D eigenvalue weighted by Gasteiger charge is 2.01. The molecule has 0 aliphatic rings. The first kappa shape index (κ1) is 10.1. The fraction of sp³-hybridized carbons (Fsp3) is 0.455. The van der Waals surface area contributed by atoms with Crippen molar-refractivity contribution in [3.05, 3.63) is 29.3 Å². The Balaban J connectivity index is 2.81. The Morgan fingerprint density at radius 3 is 2.77 bits per heavy atom. The van der Waals surface area contributed by atoms with E-state index in [1.54, 1.807) is 7.11 Å². The van der Waals surface area contributed by atoms with E-state index in [4.69, 9.17) is 9.84 Å². The summed E-state index contributed by atoms with van der Waals surface area (Å²) in [4.78, 5) is 0. The Bertz CT molecular complexity index is 269. The third-order valence-electron chi connectivity index (χ3n) is 2.04. The molecule has 0 amide bonds. The molecule has 0 atom stereocenters. The molecule has 2 nitrogen and oxygen atoms in total. The maximum Gasteiger partial charge on any atom is 0.122 e. The molecular formula is C11H16O2. The van der Waals surface area contributed by atoms with E-state index in [0.29, 0.717) is 0 Å². The summed E-state index contributed by atoms with van der Waals surface area (Å²) in [7, 11) is 1.67. The van der Waals surface area contributed by atoms with Crippen LogP contribution in [0.2, 0.25) is 0 Å². The first-order valence-corrected chi connectivity index (χ1v) is 4.52. The van der Waals surface area contributed by atoms with Gasteiger partial charge in [-0.25, -0.2) is 0 Å². The fourth-order valence-corrected chi connectivity index (χ4v) is 1.37. The van der Waals surface area contributed by atoms with Crippen LogP contribution >= 0.6 is 0 Å². The average Bonchev–Trinajstić information content (AvgIpc) is 2.15. The van der Waals surface area contributed by atoms with Gasteiger partial charge < -0.3 is 9.84 Å². The van der Waals surface area contributed by atoms with E-state index in [9.17, 15) is 0 Å². The highest BCUT2D eigenvalue weighted by atomic mass is 16.5. The van der Waals surface area contributed by atoms with Gasteiger partial charge >= 0.3 is 0 Å². The molecule has 0 radical (unpaired) electrons. The third-order valence-corrected chi connectivity index (χ3v) is 2.04. The van der Waals surface area contributed by atoms with Crippen molar-refractivity contribution < 1.29 is 9.84 Å². The molecule has 0 spiro atoms. The monoisotopic (exact) mass is 180 g/mol. The molecule has 0 unspecified atom stereocenters. The Labute approximate surface area is 79.2 Å². The van der Waals surface area contributed by atoms with Crippen LogP contribution < -0.4 is 4.74 Å². The zero-order chi connectivity index (χ0) is 9.68. The summed E-state index contributed by atoms with van der Waals surface area (Å²) in [6.07, 6.45) is 1.67. The van der Waals surface area contributed by atoms with E-state index in [2.05, 4.69) is 13.0 Å². The van der Waals surface area contributed by atoms with E-state index in [1.165, 1.54) is 11.1 Å². The molecule has 1 aromatic carbocycles. The molecule has 72 valence electrons. The van der Waals surface area contributed by atoms with E-state index >= 15 is 0 Å². The highest BCUT2D eigenvalue weighted by molar-refractivity contribution is 5.36. The number of ether oxygens (including phenoxy) is 1. The maximum atomic E-state index is 8.72. The van der Waals surface area contributed by atoms with Crippen LogP contribution in [-0.2, 0) is 6.42 Å². The lowest BCUT2D eigenvalue weighted by Crippen LogP contribution is -1.95. The summed E-state index contributed by atoms with van der Waals surface area (Å²) in [5.41, 5.74) is 2.41. The van der Waals surface area contributed by atoms with Crippen LogP contribution in [0, 0.1) is 6.92 Å². The number of benzene rings is 1. The van der Waals surface area contributed by atoms with Crippen LogP contribution in [-0.4, -0.2) is 18.8 Å². The lowest BCUT2D eigenvalue weighted by molar-refractivity contribution is 0.287. The van der Waals surface area contributed by atoms with Gasteiger partial charge in [0.05, 0.1) is 7.11 Å². The molecule has 0 bridgehead atoms. The lowest BCUT2D eigenvalue weighted by atomic mass is 10.1. The van der Waals surface area contributed by atoms with Gasteiger partial charge in [0, 0.05) is 6.61 Å². The summed E-state index contributed by atoms with van der Waals surface area (Å²) in [5.74, 6) is 0.916. The van der Waals surface area contributed by atoms with Gasteiger partial charge in [0.1, 0.15) is 5.75 Å². The van der Waals surface area contributed by atoms with Crippen molar-refractivity contribution in [1.29, 1.82) is 0 Å². The molecule has 0 saturated heterocycles. The molecule has 0 heterocycles. The molecule has 13 heavy (non-hydrogen) atoms. The van der Waals surface area contributed by atoms with Gasteiger partial charge in [-0.2, -0.15) is 0 Å². The topological polar surface area (TPSA) is 29.5 Å². The van der Waals surface area contributed by atoms with E-state index in [-0.39, 0.29) is 6.61 Å². The van der Waals surface area contributed by atoms with Crippen LogP contribution in [0.3, 0.4) is 0 Å². The van der Waals surface area contributed by atoms with E-state index in [1.807, 2.05) is 12.1 Å². The van der Waals surface area contributed by atoms with Crippen molar-refractivity contribution in [3.8, 4) is 5.75 Å². The van der Waals surface area contributed by atoms with Gasteiger partial charge in [-0.1, -0.05) is 17.7 Å². The molecule has 0 aromatic heterocycles. The zero-order valence-corrected chi connectivity index (χ0v) is 8.21. The minimum absolute atomic E-state index is 0.233. The Kier molecular flexibility index (Phi) is 3.77. The predicted octanol–water partition coefficient (Wildman–Crippen LogP) is 1.93. The zero-order valence-electron chi connectivity index (χ0n) is 8.21. The fourth-order valence-electron chi connectivity index (χ4n) is 1.37. The molecular weight excluding hydrogens is 164 g/mol. The Hall–Kier alpha value is -1.02. The SMILES string of the molecule is COc1ccc(C)cc1CCCO. The van der Waals surface area contributed by atoms with Crippen molar-refractivity contribution in [2.75, 3.05) is 13.7 Å². The molecule has 0 saturated carbocycles. The van der Waals surface area contributed by atoms with Crippen molar-refractivity contribution in [2.45, 2.75) is 19.8 Å². The van der Waals surface area contributed by atoms with Gasteiger partial charge in [-0.05, 0) is 31.4 Å². The lowest BCUT2D eigenvalue weighted by Gasteiger charge is -2.08. The summed E-state index contributed by atoms with van der Waals surface area (Å²) >= 11 is 0. The van der Waals surface area contributed by atoms with Crippen LogP contribution in [0.1, 0.15) is 17.5 Å². The van der Waals surface area contributed by atoms with Gasteiger partial charge in [0.25, 0.3) is 0 Å². The van der Waals surface area contributed by atoms with Crippen molar-refractivity contribution in [3.63, 3.8) is 0 Å². The minimum atomic E-state index is 0.233.